The molecule has 0 heterocycles. The molecule has 0 aromatic carbocycles. The Morgan fingerprint density at radius 3 is 0.784 bits per heavy atom. The molecule has 0 radical (unpaired) electrons. The predicted octanol–water partition coefficient (Wildman–Crippen LogP) is 27.9. The zero-order chi connectivity index (χ0) is 74.0. The Kier molecular flexibility index (Phi) is 75.9. The minimum Gasteiger partial charge on any atom is -0.462 e. The largest absolute Gasteiger partial charge is 0.472 e. The zero-order valence-electron chi connectivity index (χ0n) is 66.0. The molecule has 0 rings (SSSR count). The molecule has 0 saturated carbocycles. The number of carbonyl (C=O) groups is 2. The van der Waals surface area contributed by atoms with Gasteiger partial charge in [-0.15, -0.1) is 0 Å². The molecule has 102 heavy (non-hydrogen) atoms. The van der Waals surface area contributed by atoms with E-state index < -0.39 is 26.5 Å². The van der Waals surface area contributed by atoms with E-state index in [1.54, 1.807) is 0 Å². The lowest BCUT2D eigenvalue weighted by molar-refractivity contribution is -0.870. The molecule has 0 aromatic rings. The highest BCUT2D eigenvalue weighted by molar-refractivity contribution is 7.47. The molecule has 0 spiro atoms. The highest BCUT2D eigenvalue weighted by atomic mass is 31.2. The summed E-state index contributed by atoms with van der Waals surface area (Å²) in [4.78, 5) is 36.0. The van der Waals surface area contributed by atoms with E-state index in [0.29, 0.717) is 17.4 Å². The molecular formula is C92H153NO8P+. The highest BCUT2D eigenvalue weighted by Gasteiger charge is 2.27. The van der Waals surface area contributed by atoms with Gasteiger partial charge in [-0.1, -0.05) is 362 Å². The number of ether oxygens (including phenoxy) is 2. The van der Waals surface area contributed by atoms with Crippen molar-refractivity contribution < 1.29 is 42.1 Å². The summed E-state index contributed by atoms with van der Waals surface area (Å²) in [7, 11) is 1.47. The average molecular weight is 1430 g/mol. The number of esters is 2. The van der Waals surface area contributed by atoms with E-state index in [0.717, 1.165) is 141 Å². The smallest absolute Gasteiger partial charge is 0.462 e. The van der Waals surface area contributed by atoms with Gasteiger partial charge in [0.05, 0.1) is 27.7 Å². The minimum atomic E-state index is -4.41. The van der Waals surface area contributed by atoms with Crippen molar-refractivity contribution in [1.29, 1.82) is 0 Å². The van der Waals surface area contributed by atoms with Gasteiger partial charge < -0.3 is 18.9 Å². The Morgan fingerprint density at radius 2 is 0.529 bits per heavy atom. The third kappa shape index (κ3) is 83.8. The van der Waals surface area contributed by atoms with Gasteiger partial charge in [-0.3, -0.25) is 18.6 Å². The number of hydrogen-bond acceptors (Lipinski definition) is 7. The van der Waals surface area contributed by atoms with Crippen molar-refractivity contribution in [3.8, 4) is 0 Å². The van der Waals surface area contributed by atoms with Crippen molar-refractivity contribution >= 4 is 19.8 Å². The van der Waals surface area contributed by atoms with E-state index in [9.17, 15) is 19.0 Å². The number of likely N-dealkylation sites (N-methyl/N-ethyl adjacent to an activating group) is 1. The maximum Gasteiger partial charge on any atom is 0.472 e. The van der Waals surface area contributed by atoms with Crippen LogP contribution in [0.5, 0.6) is 0 Å². The molecular weight excluding hydrogens is 1280 g/mol. The molecule has 0 aliphatic carbocycles. The predicted molar refractivity (Wildman–Crippen MR) is 445 cm³/mol. The highest BCUT2D eigenvalue weighted by Crippen LogP contribution is 2.43. The molecule has 0 bridgehead atoms. The van der Waals surface area contributed by atoms with Crippen molar-refractivity contribution in [2.75, 3.05) is 47.5 Å². The van der Waals surface area contributed by atoms with Crippen molar-refractivity contribution in [3.05, 3.63) is 194 Å². The maximum absolute atomic E-state index is 12.9. The Bertz CT molecular complexity index is 2440. The maximum atomic E-state index is 12.9. The van der Waals surface area contributed by atoms with E-state index in [2.05, 4.69) is 208 Å². The van der Waals surface area contributed by atoms with Crippen LogP contribution in [0, 0.1) is 0 Å². The molecule has 578 valence electrons. The zero-order valence-corrected chi connectivity index (χ0v) is 66.9. The van der Waals surface area contributed by atoms with Crippen LogP contribution in [0.2, 0.25) is 0 Å². The Balaban J connectivity index is 4.02. The number of quaternary nitrogens is 1. The van der Waals surface area contributed by atoms with Crippen molar-refractivity contribution in [2.24, 2.45) is 0 Å². The van der Waals surface area contributed by atoms with Crippen LogP contribution in [0.1, 0.15) is 322 Å². The molecule has 0 fully saturated rings. The van der Waals surface area contributed by atoms with Crippen LogP contribution < -0.4 is 0 Å². The summed E-state index contributed by atoms with van der Waals surface area (Å²) in [6.07, 6.45) is 124. The minimum absolute atomic E-state index is 0.0245. The monoisotopic (exact) mass is 1430 g/mol. The topological polar surface area (TPSA) is 108 Å². The van der Waals surface area contributed by atoms with E-state index in [-0.39, 0.29) is 32.0 Å². The number of rotatable bonds is 74. The summed E-state index contributed by atoms with van der Waals surface area (Å²) in [5, 5.41) is 0. The first-order chi connectivity index (χ1) is 50.0. The number of unbranched alkanes of at least 4 members (excludes halogenated alkanes) is 28. The van der Waals surface area contributed by atoms with Crippen molar-refractivity contribution in [1.82, 2.24) is 0 Å². The fraction of sp³-hybridized carbons (Fsp3) is 0.630. The Morgan fingerprint density at radius 1 is 0.304 bits per heavy atom. The van der Waals surface area contributed by atoms with Crippen molar-refractivity contribution in [3.63, 3.8) is 0 Å². The first-order valence-electron chi connectivity index (χ1n) is 41.2. The molecule has 0 aliphatic heterocycles. The summed E-state index contributed by atoms with van der Waals surface area (Å²) < 4.78 is 34.8. The van der Waals surface area contributed by atoms with Gasteiger partial charge >= 0.3 is 19.8 Å². The number of allylic oxidation sites excluding steroid dienone is 32. The van der Waals surface area contributed by atoms with Gasteiger partial charge in [0.15, 0.2) is 6.10 Å². The normalized spacial score (nSPS) is 14.1. The van der Waals surface area contributed by atoms with Crippen LogP contribution in [0.3, 0.4) is 0 Å². The van der Waals surface area contributed by atoms with E-state index in [1.807, 2.05) is 21.1 Å². The standard InChI is InChI=1S/C92H152NO8P/c1-6-8-10-12-14-16-18-20-22-24-26-28-30-32-34-36-38-40-42-44-45-46-47-49-51-53-55-57-59-61-63-65-67-69-71-73-75-77-79-81-83-85-92(95)101-90(89-100-102(96,97)99-87-86-93(3,4)5)88-98-91(94)84-82-80-78-76-74-72-70-68-66-64-62-60-58-56-54-52-50-48-43-41-39-37-35-33-31-29-27-25-23-21-19-17-15-13-11-9-7-2/h8-11,14-17,20-23,26-29,32-35,38-41,44-45,47-50,53,55,90H,6-7,12-13,18-19,24-25,30-31,36-37,42-43,46,51-52,54,56-89H2,1-5H3/p+1/b10-8-,11-9-,16-14-,17-15-,22-20-,23-21-,28-26-,29-27-,34-32-,35-33-,40-38-,41-39-,45-44-,49-47-,50-48-,55-53-. The lowest BCUT2D eigenvalue weighted by Gasteiger charge is -2.24. The second-order valence-electron chi connectivity index (χ2n) is 28.0. The lowest BCUT2D eigenvalue weighted by atomic mass is 10.0. The number of phosphoric acid groups is 1. The van der Waals surface area contributed by atoms with Crippen molar-refractivity contribution in [2.45, 2.75) is 328 Å². The van der Waals surface area contributed by atoms with Crippen LogP contribution in [0.4, 0.5) is 0 Å². The van der Waals surface area contributed by atoms with Gasteiger partial charge in [-0.05, 0) is 141 Å². The molecule has 2 atom stereocenters. The third-order valence-corrected chi connectivity index (χ3v) is 18.1. The quantitative estimate of drug-likeness (QED) is 0.0211. The number of carbonyl (C=O) groups excluding carboxylic acids is 2. The van der Waals surface area contributed by atoms with Crippen LogP contribution in [0.15, 0.2) is 194 Å². The van der Waals surface area contributed by atoms with Crippen LogP contribution >= 0.6 is 7.82 Å². The van der Waals surface area contributed by atoms with Crippen LogP contribution in [-0.4, -0.2) is 74.9 Å². The molecule has 0 amide bonds. The summed E-state index contributed by atoms with van der Waals surface area (Å²) in [6, 6.07) is 0. The number of nitrogens with zero attached hydrogens (tertiary/aromatic N) is 1. The first kappa shape index (κ1) is 96.8. The first-order valence-corrected chi connectivity index (χ1v) is 42.7. The Labute approximate surface area is 628 Å². The molecule has 1 N–H and O–H groups in total. The summed E-state index contributed by atoms with van der Waals surface area (Å²) in [5.41, 5.74) is 0. The van der Waals surface area contributed by atoms with Gasteiger partial charge in [0.2, 0.25) is 0 Å². The fourth-order valence-corrected chi connectivity index (χ4v) is 11.7. The summed E-state index contributed by atoms with van der Waals surface area (Å²) >= 11 is 0. The van der Waals surface area contributed by atoms with E-state index in [1.165, 1.54) is 148 Å². The van der Waals surface area contributed by atoms with Gasteiger partial charge in [-0.25, -0.2) is 4.57 Å². The second kappa shape index (κ2) is 80.0. The van der Waals surface area contributed by atoms with Crippen LogP contribution in [-0.2, 0) is 32.7 Å². The summed E-state index contributed by atoms with van der Waals surface area (Å²) in [6.45, 7) is 4.21. The summed E-state index contributed by atoms with van der Waals surface area (Å²) in [5.74, 6) is -0.800. The fourth-order valence-electron chi connectivity index (χ4n) is 10.9. The van der Waals surface area contributed by atoms with Gasteiger partial charge in [-0.2, -0.15) is 0 Å². The van der Waals surface area contributed by atoms with Gasteiger partial charge in [0.25, 0.3) is 0 Å². The molecule has 9 nitrogen and oxygen atoms in total. The number of hydrogen-bond donors (Lipinski definition) is 1. The van der Waals surface area contributed by atoms with Crippen LogP contribution in [0.25, 0.3) is 0 Å². The SMILES string of the molecule is CC/C=C\C/C=C\C/C=C\C/C=C\C/C=C\C/C=C\C/C=C\C/C=C\C/C=C\CCCCCCCCCCCCCCCC(=O)OC(COC(=O)CCCCCCCCCCCCCCCCC/C=C\C/C=C\C/C=C\C/C=C\C/C=C\C/C=C\C/C=C\CC)COP(=O)(O)OCC[N+](C)(C)C. The lowest BCUT2D eigenvalue weighted by Crippen LogP contribution is -2.37. The molecule has 0 aromatic heterocycles. The van der Waals surface area contributed by atoms with E-state index in [4.69, 9.17) is 18.5 Å². The second-order valence-corrected chi connectivity index (χ2v) is 29.5. The molecule has 2 unspecified atom stereocenters. The average Bonchev–Trinajstić information content (AvgIpc) is 0.916. The van der Waals surface area contributed by atoms with E-state index >= 15 is 0 Å². The van der Waals surface area contributed by atoms with Gasteiger partial charge in [0, 0.05) is 12.8 Å². The Hall–Kier alpha value is -5.15. The molecule has 10 heteroatoms. The molecule has 0 aliphatic rings. The number of phosphoric ester groups is 1. The molecule has 0 saturated heterocycles. The third-order valence-electron chi connectivity index (χ3n) is 17.1. The van der Waals surface area contributed by atoms with Gasteiger partial charge in [0.1, 0.15) is 19.8 Å².